The van der Waals surface area contributed by atoms with Gasteiger partial charge in [0.1, 0.15) is 0 Å². The lowest BCUT2D eigenvalue weighted by atomic mass is 9.79. The Hall–Kier alpha value is -0.0800. The molecule has 0 aliphatic carbocycles. The molecule has 0 amide bonds. The SMILES string of the molecule is CC1CN(CC(C)(C)CC2CCN2CC(C)(C)C)C1. The fraction of sp³-hybridized carbons (Fsp3) is 1.00. The summed E-state index contributed by atoms with van der Waals surface area (Å²) in [6.45, 7) is 20.9. The first-order valence-corrected chi connectivity index (χ1v) is 8.11. The number of likely N-dealkylation sites (tertiary alicyclic amines) is 2. The molecule has 2 aliphatic heterocycles. The summed E-state index contributed by atoms with van der Waals surface area (Å²) >= 11 is 0. The molecule has 0 aromatic carbocycles. The first kappa shape index (κ1) is 15.3. The molecule has 2 aliphatic rings. The zero-order valence-corrected chi connectivity index (χ0v) is 14.0. The molecule has 1 unspecified atom stereocenters. The van der Waals surface area contributed by atoms with Crippen molar-refractivity contribution in [2.75, 3.05) is 32.7 Å². The van der Waals surface area contributed by atoms with Gasteiger partial charge in [0.25, 0.3) is 0 Å². The van der Waals surface area contributed by atoms with Gasteiger partial charge in [-0.05, 0) is 36.1 Å². The van der Waals surface area contributed by atoms with E-state index in [1.54, 1.807) is 0 Å². The van der Waals surface area contributed by atoms with Crippen molar-refractivity contribution in [1.29, 1.82) is 0 Å². The Labute approximate surface area is 120 Å². The van der Waals surface area contributed by atoms with E-state index in [1.165, 1.54) is 45.6 Å². The predicted octanol–water partition coefficient (Wildman–Crippen LogP) is 3.47. The van der Waals surface area contributed by atoms with E-state index in [2.05, 4.69) is 51.3 Å². The molecule has 0 aromatic heterocycles. The van der Waals surface area contributed by atoms with E-state index in [1.807, 2.05) is 0 Å². The van der Waals surface area contributed by atoms with Crippen LogP contribution in [0.3, 0.4) is 0 Å². The predicted molar refractivity (Wildman–Crippen MR) is 83.4 cm³/mol. The van der Waals surface area contributed by atoms with E-state index < -0.39 is 0 Å². The fourth-order valence-electron chi connectivity index (χ4n) is 3.81. The molecule has 0 spiro atoms. The minimum Gasteiger partial charge on any atom is -0.302 e. The van der Waals surface area contributed by atoms with Gasteiger partial charge in [-0.1, -0.05) is 41.5 Å². The van der Waals surface area contributed by atoms with Crippen LogP contribution < -0.4 is 0 Å². The Kier molecular flexibility index (Phi) is 4.32. The molecule has 0 radical (unpaired) electrons. The van der Waals surface area contributed by atoms with Crippen LogP contribution in [0.1, 0.15) is 54.4 Å². The molecule has 2 nitrogen and oxygen atoms in total. The highest BCUT2D eigenvalue weighted by Crippen LogP contribution is 2.34. The minimum absolute atomic E-state index is 0.440. The Balaban J connectivity index is 1.76. The second-order valence-corrected chi connectivity index (χ2v) is 9.14. The van der Waals surface area contributed by atoms with E-state index in [4.69, 9.17) is 0 Å². The summed E-state index contributed by atoms with van der Waals surface area (Å²) in [6.07, 6.45) is 2.78. The van der Waals surface area contributed by atoms with Crippen LogP contribution in [-0.4, -0.2) is 48.6 Å². The van der Waals surface area contributed by atoms with Crippen LogP contribution >= 0.6 is 0 Å². The second kappa shape index (κ2) is 5.37. The standard InChI is InChI=1S/C17H34N2/c1-14-10-18(11-14)13-17(5,6)9-15-7-8-19(15)12-16(2,3)4/h14-15H,7-13H2,1-6H3. The van der Waals surface area contributed by atoms with Gasteiger partial charge in [0.05, 0.1) is 0 Å². The van der Waals surface area contributed by atoms with E-state index in [9.17, 15) is 0 Å². The summed E-state index contributed by atoms with van der Waals surface area (Å²) in [4.78, 5) is 5.35. The van der Waals surface area contributed by atoms with Crippen molar-refractivity contribution in [3.8, 4) is 0 Å². The maximum Gasteiger partial charge on any atom is 0.0113 e. The number of hydrogen-bond acceptors (Lipinski definition) is 2. The summed E-state index contributed by atoms with van der Waals surface area (Å²) < 4.78 is 0. The Morgan fingerprint density at radius 2 is 1.63 bits per heavy atom. The van der Waals surface area contributed by atoms with Crippen molar-refractivity contribution in [3.63, 3.8) is 0 Å². The third kappa shape index (κ3) is 4.46. The van der Waals surface area contributed by atoms with Crippen LogP contribution in [0.2, 0.25) is 0 Å². The largest absolute Gasteiger partial charge is 0.302 e. The van der Waals surface area contributed by atoms with Gasteiger partial charge < -0.3 is 4.90 Å². The summed E-state index contributed by atoms with van der Waals surface area (Å²) in [7, 11) is 0. The highest BCUT2D eigenvalue weighted by atomic mass is 15.2. The molecule has 0 bridgehead atoms. The molecule has 2 saturated heterocycles. The summed E-state index contributed by atoms with van der Waals surface area (Å²) in [5.74, 6) is 0.928. The monoisotopic (exact) mass is 266 g/mol. The van der Waals surface area contributed by atoms with Crippen LogP contribution in [0.15, 0.2) is 0 Å². The number of rotatable bonds is 5. The fourth-order valence-corrected chi connectivity index (χ4v) is 3.81. The average molecular weight is 266 g/mol. The summed E-state index contributed by atoms with van der Waals surface area (Å²) in [5, 5.41) is 0. The third-order valence-corrected chi connectivity index (χ3v) is 4.52. The van der Waals surface area contributed by atoms with Gasteiger partial charge in [-0.2, -0.15) is 0 Å². The van der Waals surface area contributed by atoms with Gasteiger partial charge in [0.15, 0.2) is 0 Å². The van der Waals surface area contributed by atoms with E-state index in [-0.39, 0.29) is 0 Å². The lowest BCUT2D eigenvalue weighted by Crippen LogP contribution is -2.54. The molecule has 1 atom stereocenters. The van der Waals surface area contributed by atoms with Crippen LogP contribution in [0, 0.1) is 16.7 Å². The van der Waals surface area contributed by atoms with E-state index in [0.717, 1.165) is 12.0 Å². The molecule has 2 heterocycles. The third-order valence-electron chi connectivity index (χ3n) is 4.52. The topological polar surface area (TPSA) is 6.48 Å². The van der Waals surface area contributed by atoms with E-state index >= 15 is 0 Å². The highest BCUT2D eigenvalue weighted by molar-refractivity contribution is 4.91. The molecule has 0 aromatic rings. The first-order chi connectivity index (χ1) is 8.65. The molecule has 112 valence electrons. The van der Waals surface area contributed by atoms with Crippen LogP contribution in [-0.2, 0) is 0 Å². The number of hydrogen-bond donors (Lipinski definition) is 0. The Bertz CT molecular complexity index is 297. The summed E-state index contributed by atoms with van der Waals surface area (Å²) in [5.41, 5.74) is 0.914. The lowest BCUT2D eigenvalue weighted by Gasteiger charge is -2.49. The molecule has 19 heavy (non-hydrogen) atoms. The highest BCUT2D eigenvalue weighted by Gasteiger charge is 2.37. The lowest BCUT2D eigenvalue weighted by molar-refractivity contribution is 0.00349. The molecule has 2 fully saturated rings. The normalized spacial score (nSPS) is 27.2. The average Bonchev–Trinajstić information content (AvgIpc) is 2.18. The van der Waals surface area contributed by atoms with Gasteiger partial charge in [-0.25, -0.2) is 0 Å². The second-order valence-electron chi connectivity index (χ2n) is 9.14. The van der Waals surface area contributed by atoms with Crippen LogP contribution in [0.25, 0.3) is 0 Å². The van der Waals surface area contributed by atoms with Crippen molar-refractivity contribution < 1.29 is 0 Å². The molecule has 0 N–H and O–H groups in total. The van der Waals surface area contributed by atoms with E-state index in [0.29, 0.717) is 10.8 Å². The van der Waals surface area contributed by atoms with Crippen LogP contribution in [0.5, 0.6) is 0 Å². The molecule has 2 rings (SSSR count). The van der Waals surface area contributed by atoms with Crippen molar-refractivity contribution in [2.24, 2.45) is 16.7 Å². The molecule has 2 heteroatoms. The number of nitrogens with zero attached hydrogens (tertiary/aromatic N) is 2. The summed E-state index contributed by atoms with van der Waals surface area (Å²) in [6, 6.07) is 0.841. The minimum atomic E-state index is 0.440. The Morgan fingerprint density at radius 1 is 1.00 bits per heavy atom. The zero-order chi connectivity index (χ0) is 14.3. The van der Waals surface area contributed by atoms with Crippen molar-refractivity contribution in [2.45, 2.75) is 60.4 Å². The molecular formula is C17H34N2. The van der Waals surface area contributed by atoms with Gasteiger partial charge in [0.2, 0.25) is 0 Å². The maximum atomic E-state index is 2.71. The van der Waals surface area contributed by atoms with Gasteiger partial charge in [-0.3, -0.25) is 4.90 Å². The molecule has 0 saturated carbocycles. The smallest absolute Gasteiger partial charge is 0.0113 e. The molecular weight excluding hydrogens is 232 g/mol. The quantitative estimate of drug-likeness (QED) is 0.752. The van der Waals surface area contributed by atoms with Gasteiger partial charge in [0, 0.05) is 32.2 Å². The van der Waals surface area contributed by atoms with Crippen molar-refractivity contribution >= 4 is 0 Å². The van der Waals surface area contributed by atoms with Crippen molar-refractivity contribution in [1.82, 2.24) is 9.80 Å². The van der Waals surface area contributed by atoms with Gasteiger partial charge in [-0.15, -0.1) is 0 Å². The maximum absolute atomic E-state index is 2.71. The first-order valence-electron chi connectivity index (χ1n) is 8.11. The Morgan fingerprint density at radius 3 is 2.05 bits per heavy atom. The van der Waals surface area contributed by atoms with Crippen molar-refractivity contribution in [3.05, 3.63) is 0 Å². The van der Waals surface area contributed by atoms with Gasteiger partial charge >= 0.3 is 0 Å². The van der Waals surface area contributed by atoms with Crippen LogP contribution in [0.4, 0.5) is 0 Å². The zero-order valence-electron chi connectivity index (χ0n) is 14.0.